The molecule has 0 spiro atoms. The molecular weight excluding hydrogens is 418 g/mol. The summed E-state index contributed by atoms with van der Waals surface area (Å²) >= 11 is 0. The fourth-order valence-corrected chi connectivity index (χ4v) is 4.49. The highest BCUT2D eigenvalue weighted by Gasteiger charge is 2.22. The van der Waals surface area contributed by atoms with Gasteiger partial charge in [-0.3, -0.25) is 4.79 Å². The average molecular weight is 444 g/mol. The maximum Gasteiger partial charge on any atom is 0.242 e. The molecule has 1 aliphatic rings. The Morgan fingerprint density at radius 2 is 2.00 bits per heavy atom. The lowest BCUT2D eigenvalue weighted by molar-refractivity contribution is -0.119. The molecule has 164 valence electrons. The van der Waals surface area contributed by atoms with Gasteiger partial charge in [0, 0.05) is 39.7 Å². The summed E-state index contributed by atoms with van der Waals surface area (Å²) in [5.41, 5.74) is 2.94. The van der Waals surface area contributed by atoms with Crippen molar-refractivity contribution in [1.82, 2.24) is 24.2 Å². The number of sulfonamides is 1. The van der Waals surface area contributed by atoms with E-state index in [1.807, 2.05) is 17.7 Å². The Morgan fingerprint density at radius 3 is 2.65 bits per heavy atom. The molecule has 1 aliphatic heterocycles. The third-order valence-corrected chi connectivity index (χ3v) is 7.25. The van der Waals surface area contributed by atoms with Crippen LogP contribution in [0.5, 0.6) is 5.88 Å². The first-order valence-corrected chi connectivity index (χ1v) is 11.4. The minimum atomic E-state index is -3.50. The molecule has 3 aromatic rings. The average Bonchev–Trinajstić information content (AvgIpc) is 3.33. The summed E-state index contributed by atoms with van der Waals surface area (Å²) < 4.78 is 33.7. The van der Waals surface area contributed by atoms with Gasteiger partial charge in [0.05, 0.1) is 29.0 Å². The van der Waals surface area contributed by atoms with Gasteiger partial charge in [0.25, 0.3) is 0 Å². The summed E-state index contributed by atoms with van der Waals surface area (Å²) in [4.78, 5) is 20.7. The smallest absolute Gasteiger partial charge is 0.242 e. The number of aryl methyl sites for hydroxylation is 1. The molecule has 0 saturated carbocycles. The lowest BCUT2D eigenvalue weighted by Crippen LogP contribution is -2.22. The quantitative estimate of drug-likeness (QED) is 0.597. The van der Waals surface area contributed by atoms with Gasteiger partial charge in [0.1, 0.15) is 5.52 Å². The zero-order chi connectivity index (χ0) is 22.2. The molecule has 31 heavy (non-hydrogen) atoms. The number of rotatable bonds is 7. The van der Waals surface area contributed by atoms with Crippen LogP contribution in [0.15, 0.2) is 41.6 Å². The van der Waals surface area contributed by atoms with E-state index >= 15 is 0 Å². The zero-order valence-electron chi connectivity index (χ0n) is 17.7. The Balaban J connectivity index is 1.61. The van der Waals surface area contributed by atoms with Crippen LogP contribution < -0.4 is 10.1 Å². The molecular formula is C21H25N5O4S. The van der Waals surface area contributed by atoms with Crippen molar-refractivity contribution >= 4 is 27.0 Å². The monoisotopic (exact) mass is 443 g/mol. The van der Waals surface area contributed by atoms with Crippen molar-refractivity contribution in [3.63, 3.8) is 0 Å². The molecule has 1 atom stereocenters. The number of fused-ring (bicyclic) bond motifs is 1. The van der Waals surface area contributed by atoms with E-state index in [0.29, 0.717) is 31.1 Å². The fraction of sp³-hybridized carbons (Fsp3) is 0.381. The van der Waals surface area contributed by atoms with Crippen molar-refractivity contribution in [3.05, 3.63) is 36.7 Å². The highest BCUT2D eigenvalue weighted by Crippen LogP contribution is 2.29. The van der Waals surface area contributed by atoms with Gasteiger partial charge >= 0.3 is 0 Å². The first-order chi connectivity index (χ1) is 14.8. The van der Waals surface area contributed by atoms with Crippen LogP contribution in [0.4, 0.5) is 0 Å². The predicted octanol–water partition coefficient (Wildman–Crippen LogP) is 1.79. The number of carbonyl (C=O) groups excluding carboxylic acids is 1. The second-order valence-corrected chi connectivity index (χ2v) is 10.0. The van der Waals surface area contributed by atoms with Gasteiger partial charge in [-0.25, -0.2) is 22.7 Å². The van der Waals surface area contributed by atoms with Crippen molar-refractivity contribution < 1.29 is 17.9 Å². The van der Waals surface area contributed by atoms with Gasteiger partial charge in [0.15, 0.2) is 0 Å². The van der Waals surface area contributed by atoms with Gasteiger partial charge in [-0.05, 0) is 30.5 Å². The van der Waals surface area contributed by atoms with Crippen LogP contribution in [-0.2, 0) is 21.9 Å². The summed E-state index contributed by atoms with van der Waals surface area (Å²) in [6, 6.07) is 8.45. The number of carbonyl (C=O) groups is 1. The number of nitrogens with one attached hydrogen (secondary N) is 1. The second kappa shape index (κ2) is 8.27. The number of pyridine rings is 1. The van der Waals surface area contributed by atoms with Crippen molar-refractivity contribution in [2.24, 2.45) is 13.0 Å². The van der Waals surface area contributed by atoms with Crippen LogP contribution in [0, 0.1) is 5.92 Å². The van der Waals surface area contributed by atoms with Gasteiger partial charge in [0.2, 0.25) is 21.8 Å². The van der Waals surface area contributed by atoms with Crippen molar-refractivity contribution in [3.8, 4) is 17.1 Å². The topological polar surface area (TPSA) is 106 Å². The largest absolute Gasteiger partial charge is 0.476 e. The lowest BCUT2D eigenvalue weighted by Gasteiger charge is -2.13. The van der Waals surface area contributed by atoms with E-state index in [9.17, 15) is 13.2 Å². The van der Waals surface area contributed by atoms with Crippen LogP contribution in [0.3, 0.4) is 0 Å². The number of nitrogens with zero attached hydrogens (tertiary/aromatic N) is 4. The number of benzene rings is 1. The Kier molecular flexibility index (Phi) is 5.67. The first kappa shape index (κ1) is 21.3. The Labute approximate surface area is 181 Å². The number of ether oxygens (including phenoxy) is 1. The predicted molar refractivity (Wildman–Crippen MR) is 116 cm³/mol. The third-order valence-electron chi connectivity index (χ3n) is 5.42. The van der Waals surface area contributed by atoms with E-state index < -0.39 is 10.0 Å². The minimum absolute atomic E-state index is 0.0823. The van der Waals surface area contributed by atoms with Gasteiger partial charge in [-0.1, -0.05) is 12.1 Å². The molecule has 3 heterocycles. The summed E-state index contributed by atoms with van der Waals surface area (Å²) in [7, 11) is 1.38. The first-order valence-electron chi connectivity index (χ1n) is 10.00. The van der Waals surface area contributed by atoms with E-state index in [0.717, 1.165) is 23.0 Å². The van der Waals surface area contributed by atoms with E-state index in [-0.39, 0.29) is 16.7 Å². The molecule has 1 N–H and O–H groups in total. The molecule has 2 aromatic heterocycles. The lowest BCUT2D eigenvalue weighted by atomic mass is 10.1. The van der Waals surface area contributed by atoms with Crippen LogP contribution in [0.1, 0.15) is 12.8 Å². The number of imidazole rings is 1. The Morgan fingerprint density at radius 1 is 1.26 bits per heavy atom. The molecule has 10 heteroatoms. The van der Waals surface area contributed by atoms with Crippen molar-refractivity contribution in [1.29, 1.82) is 0 Å². The minimum Gasteiger partial charge on any atom is -0.476 e. The Bertz CT molecular complexity index is 1220. The normalized spacial score (nSPS) is 16.8. The van der Waals surface area contributed by atoms with Crippen LogP contribution in [-0.4, -0.2) is 60.4 Å². The maximum absolute atomic E-state index is 12.3. The second-order valence-electron chi connectivity index (χ2n) is 7.86. The molecule has 1 amide bonds. The molecule has 1 aromatic carbocycles. The van der Waals surface area contributed by atoms with Crippen LogP contribution in [0.2, 0.25) is 0 Å². The molecule has 0 unspecified atom stereocenters. The number of amides is 1. The number of hydrogen-bond donors (Lipinski definition) is 1. The highest BCUT2D eigenvalue weighted by atomic mass is 32.2. The number of hydrogen-bond acceptors (Lipinski definition) is 6. The SMILES string of the molecule is CN(C)S(=O)(=O)c1ccc(-c2cc3ncn(C)c3c(OCC[C@H]3CNC(=O)C3)n2)cc1. The van der Waals surface area contributed by atoms with Crippen LogP contribution >= 0.6 is 0 Å². The number of aromatic nitrogens is 3. The highest BCUT2D eigenvalue weighted by molar-refractivity contribution is 7.89. The third kappa shape index (κ3) is 4.26. The summed E-state index contributed by atoms with van der Waals surface area (Å²) in [5, 5.41) is 2.84. The zero-order valence-corrected chi connectivity index (χ0v) is 18.5. The molecule has 1 saturated heterocycles. The molecule has 9 nitrogen and oxygen atoms in total. The molecule has 4 rings (SSSR count). The van der Waals surface area contributed by atoms with E-state index in [2.05, 4.69) is 15.3 Å². The summed E-state index contributed by atoms with van der Waals surface area (Å²) in [6.07, 6.45) is 2.98. The van der Waals surface area contributed by atoms with Gasteiger partial charge in [-0.15, -0.1) is 0 Å². The standard InChI is InChI=1S/C21H25N5O4S/c1-25(2)31(28,29)16-6-4-15(5-7-16)17-11-18-20(26(3)13-23-18)21(24-17)30-9-8-14-10-19(27)22-12-14/h4-7,11,13-14H,8-10,12H2,1-3H3,(H,22,27)/t14-/m1/s1. The fourth-order valence-electron chi connectivity index (χ4n) is 3.59. The van der Waals surface area contributed by atoms with E-state index in [1.54, 1.807) is 30.6 Å². The summed E-state index contributed by atoms with van der Waals surface area (Å²) in [6.45, 7) is 1.12. The van der Waals surface area contributed by atoms with Gasteiger partial charge in [-0.2, -0.15) is 0 Å². The maximum atomic E-state index is 12.3. The molecule has 0 radical (unpaired) electrons. The molecule has 0 aliphatic carbocycles. The Hall–Kier alpha value is -2.98. The van der Waals surface area contributed by atoms with Gasteiger partial charge < -0.3 is 14.6 Å². The van der Waals surface area contributed by atoms with Crippen molar-refractivity contribution in [2.45, 2.75) is 17.7 Å². The van der Waals surface area contributed by atoms with Crippen LogP contribution in [0.25, 0.3) is 22.3 Å². The van der Waals surface area contributed by atoms with E-state index in [4.69, 9.17) is 4.74 Å². The summed E-state index contributed by atoms with van der Waals surface area (Å²) in [5.74, 6) is 0.817. The van der Waals surface area contributed by atoms with Crippen molar-refractivity contribution in [2.75, 3.05) is 27.2 Å². The molecule has 1 fully saturated rings. The van der Waals surface area contributed by atoms with E-state index in [1.165, 1.54) is 18.4 Å². The molecule has 0 bridgehead atoms.